The third-order valence-corrected chi connectivity index (χ3v) is 8.39. The van der Waals surface area contributed by atoms with Crippen LogP contribution in [0.3, 0.4) is 0 Å². The molecular weight excluding hydrogens is 654 g/mol. The molecule has 12 nitrogen and oxygen atoms in total. The number of methoxy groups -OCH3 is 1. The number of ether oxygens (including phenoxy) is 4. The molecule has 2 aromatic rings. The van der Waals surface area contributed by atoms with E-state index in [1.54, 1.807) is 18.2 Å². The summed E-state index contributed by atoms with van der Waals surface area (Å²) in [5.74, 6) is -3.83. The van der Waals surface area contributed by atoms with Gasteiger partial charge in [0, 0.05) is 18.4 Å². The molecule has 2 aromatic carbocycles. The normalized spacial score (nSPS) is 15.5. The van der Waals surface area contributed by atoms with E-state index in [2.05, 4.69) is 17.6 Å². The van der Waals surface area contributed by atoms with E-state index >= 15 is 0 Å². The van der Waals surface area contributed by atoms with Crippen LogP contribution in [0.25, 0.3) is 0 Å². The summed E-state index contributed by atoms with van der Waals surface area (Å²) in [6.45, 7) is 3.15. The van der Waals surface area contributed by atoms with Gasteiger partial charge in [0.2, 0.25) is 12.0 Å². The number of carbonyl (C=O) groups is 5. The fourth-order valence-corrected chi connectivity index (χ4v) is 5.51. The molecule has 1 aliphatic rings. The van der Waals surface area contributed by atoms with E-state index in [0.717, 1.165) is 19.3 Å². The molecule has 0 radical (unpaired) electrons. The van der Waals surface area contributed by atoms with Crippen molar-refractivity contribution in [2.45, 2.75) is 82.4 Å². The molecule has 0 bridgehead atoms. The quantitative estimate of drug-likeness (QED) is 0.0253. The number of unbranched alkanes of at least 4 members (excludes halogenated alkanes) is 9. The molecule has 1 heterocycles. The highest BCUT2D eigenvalue weighted by molar-refractivity contribution is 6.51. The number of halogens is 1. The molecule has 1 saturated heterocycles. The third kappa shape index (κ3) is 11.9. The van der Waals surface area contributed by atoms with Crippen LogP contribution in [0.1, 0.15) is 91.8 Å². The minimum atomic E-state index is -2.85. The maximum atomic E-state index is 13.8. The Morgan fingerprint density at radius 1 is 0.816 bits per heavy atom. The number of ketones is 1. The van der Waals surface area contributed by atoms with E-state index in [-0.39, 0.29) is 36.6 Å². The number of imide groups is 1. The van der Waals surface area contributed by atoms with E-state index in [0.29, 0.717) is 18.1 Å². The van der Waals surface area contributed by atoms with Crippen molar-refractivity contribution in [3.8, 4) is 0 Å². The monoisotopic (exact) mass is 701 g/mol. The molecule has 0 spiro atoms. The van der Waals surface area contributed by atoms with Gasteiger partial charge in [-0.1, -0.05) is 113 Å². The van der Waals surface area contributed by atoms with Gasteiger partial charge < -0.3 is 29.6 Å². The molecule has 2 unspecified atom stereocenters. The molecular formula is C36H48ClN3O9. The number of urea groups is 1. The number of carbonyl (C=O) groups excluding carboxylic acids is 5. The Morgan fingerprint density at radius 3 is 2.12 bits per heavy atom. The van der Waals surface area contributed by atoms with Crippen molar-refractivity contribution in [3.05, 3.63) is 65.7 Å². The zero-order valence-electron chi connectivity index (χ0n) is 28.4. The van der Waals surface area contributed by atoms with Crippen molar-refractivity contribution in [3.63, 3.8) is 0 Å². The highest BCUT2D eigenvalue weighted by atomic mass is 35.5. The van der Waals surface area contributed by atoms with E-state index in [1.165, 1.54) is 88.5 Å². The van der Waals surface area contributed by atoms with Crippen molar-refractivity contribution < 1.29 is 42.9 Å². The predicted molar refractivity (Wildman–Crippen MR) is 184 cm³/mol. The zero-order valence-corrected chi connectivity index (χ0v) is 29.1. The molecule has 2 N–H and O–H groups in total. The van der Waals surface area contributed by atoms with Gasteiger partial charge in [0.15, 0.2) is 0 Å². The second-order valence-corrected chi connectivity index (χ2v) is 12.2. The molecule has 0 aliphatic carbocycles. The molecule has 4 amide bonds. The van der Waals surface area contributed by atoms with Crippen LogP contribution in [-0.2, 0) is 28.5 Å². The first-order chi connectivity index (χ1) is 23.7. The summed E-state index contributed by atoms with van der Waals surface area (Å²) in [6.07, 6.45) is 10.0. The Kier molecular flexibility index (Phi) is 17.2. The number of esters is 1. The fourth-order valence-electron chi connectivity index (χ4n) is 5.19. The van der Waals surface area contributed by atoms with Gasteiger partial charge in [-0.05, 0) is 24.6 Å². The molecule has 268 valence electrons. The Labute approximate surface area is 293 Å². The zero-order chi connectivity index (χ0) is 35.5. The maximum absolute atomic E-state index is 13.8. The van der Waals surface area contributed by atoms with Gasteiger partial charge >= 0.3 is 12.0 Å². The van der Waals surface area contributed by atoms with Crippen molar-refractivity contribution >= 4 is 46.9 Å². The van der Waals surface area contributed by atoms with Gasteiger partial charge in [0.25, 0.3) is 16.8 Å². The Morgan fingerprint density at radius 2 is 1.45 bits per heavy atom. The van der Waals surface area contributed by atoms with Crippen LogP contribution in [0.2, 0.25) is 0 Å². The van der Waals surface area contributed by atoms with Gasteiger partial charge in [-0.2, -0.15) is 0 Å². The van der Waals surface area contributed by atoms with Crippen LogP contribution >= 0.6 is 11.6 Å². The molecule has 2 atom stereocenters. The molecule has 3 rings (SSSR count). The van der Waals surface area contributed by atoms with Gasteiger partial charge in [-0.15, -0.1) is 0 Å². The average molecular weight is 702 g/mol. The Bertz CT molecular complexity index is 1380. The summed E-state index contributed by atoms with van der Waals surface area (Å²) in [5, 5.41) is 4.81. The summed E-state index contributed by atoms with van der Waals surface area (Å²) >= 11 is 6.76. The summed E-state index contributed by atoms with van der Waals surface area (Å²) < 4.78 is 21.1. The fraction of sp³-hybridized carbons (Fsp3) is 0.528. The van der Waals surface area contributed by atoms with E-state index in [9.17, 15) is 24.0 Å². The third-order valence-electron chi connectivity index (χ3n) is 7.88. The standard InChI is InChI=1S/C36H48ClN3O9/c1-3-4-5-6-7-8-9-10-11-15-21-49-33(43)28-19-16-20-29(26-28)38-34(44)36(37,30(41)27-17-13-12-14-18-27)40-32(42)31(39-35(40)45)48-25-24-47-23-22-46-2/h12-14,16-20,26,31H,3-11,15,21-25H2,1-2H3,(H,38,44)(H,39,45). The van der Waals surface area contributed by atoms with Gasteiger partial charge in [-0.25, -0.2) is 14.5 Å². The van der Waals surface area contributed by atoms with E-state index < -0.39 is 40.8 Å². The lowest BCUT2D eigenvalue weighted by molar-refractivity contribution is -0.142. The van der Waals surface area contributed by atoms with E-state index in [4.69, 9.17) is 30.5 Å². The molecule has 0 aromatic heterocycles. The lowest BCUT2D eigenvalue weighted by Gasteiger charge is -2.31. The van der Waals surface area contributed by atoms with Gasteiger partial charge in [0.1, 0.15) is 0 Å². The first kappa shape index (κ1) is 39.6. The second kappa shape index (κ2) is 21.3. The largest absolute Gasteiger partial charge is 0.462 e. The molecule has 1 fully saturated rings. The van der Waals surface area contributed by atoms with Crippen molar-refractivity contribution in [1.82, 2.24) is 10.2 Å². The van der Waals surface area contributed by atoms with Crippen LogP contribution in [0, 0.1) is 0 Å². The summed E-state index contributed by atoms with van der Waals surface area (Å²) in [7, 11) is 1.53. The summed E-state index contributed by atoms with van der Waals surface area (Å²) in [6, 6.07) is 12.3. The molecule has 0 saturated carbocycles. The summed E-state index contributed by atoms with van der Waals surface area (Å²) in [5.41, 5.74) is 0.237. The van der Waals surface area contributed by atoms with Crippen LogP contribution in [0.5, 0.6) is 0 Å². The molecule has 13 heteroatoms. The number of nitrogens with one attached hydrogen (secondary N) is 2. The van der Waals surface area contributed by atoms with Crippen LogP contribution in [0.15, 0.2) is 54.6 Å². The number of Topliss-reactive ketones (excluding diaryl/α,β-unsaturated/α-hetero) is 1. The average Bonchev–Trinajstić information content (AvgIpc) is 3.40. The number of nitrogens with zero attached hydrogens (tertiary/aromatic N) is 1. The van der Waals surface area contributed by atoms with Crippen molar-refractivity contribution in [1.29, 1.82) is 0 Å². The van der Waals surface area contributed by atoms with Crippen molar-refractivity contribution in [2.24, 2.45) is 0 Å². The SMILES string of the molecule is CCCCCCCCCCCCOC(=O)c1cccc(NC(=O)C(Cl)(C(=O)c2ccccc2)N2C(=O)NC(OCCOCCOC)C2=O)c1. The number of hydrogen-bond acceptors (Lipinski definition) is 9. The Balaban J connectivity index is 1.63. The van der Waals surface area contributed by atoms with Crippen molar-refractivity contribution in [2.75, 3.05) is 45.5 Å². The molecule has 49 heavy (non-hydrogen) atoms. The topological polar surface area (TPSA) is 150 Å². The minimum Gasteiger partial charge on any atom is -0.462 e. The number of anilines is 1. The van der Waals surface area contributed by atoms with Crippen LogP contribution in [-0.4, -0.2) is 85.9 Å². The Hall–Kier alpha value is -3.84. The highest BCUT2D eigenvalue weighted by Gasteiger charge is 2.59. The number of amides is 4. The number of hydrogen-bond donors (Lipinski definition) is 2. The minimum absolute atomic E-state index is 0.0199. The smallest absolute Gasteiger partial charge is 0.338 e. The number of rotatable bonds is 24. The lowest BCUT2D eigenvalue weighted by atomic mass is 10.0. The molecule has 1 aliphatic heterocycles. The van der Waals surface area contributed by atoms with Gasteiger partial charge in [-0.3, -0.25) is 14.4 Å². The van der Waals surface area contributed by atoms with Crippen LogP contribution < -0.4 is 10.6 Å². The number of benzene rings is 2. The van der Waals surface area contributed by atoms with Crippen LogP contribution in [0.4, 0.5) is 10.5 Å². The summed E-state index contributed by atoms with van der Waals surface area (Å²) in [4.78, 5) is 64.4. The van der Waals surface area contributed by atoms with E-state index in [1.807, 2.05) is 0 Å². The highest BCUT2D eigenvalue weighted by Crippen LogP contribution is 2.32. The first-order valence-electron chi connectivity index (χ1n) is 16.9. The second-order valence-electron chi connectivity index (χ2n) is 11.6. The number of alkyl halides is 1. The predicted octanol–water partition coefficient (Wildman–Crippen LogP) is 6.08. The first-order valence-corrected chi connectivity index (χ1v) is 17.3. The van der Waals surface area contributed by atoms with Gasteiger partial charge in [0.05, 0.1) is 38.6 Å². The lowest BCUT2D eigenvalue weighted by Crippen LogP contribution is -2.60. The maximum Gasteiger partial charge on any atom is 0.338 e.